The molecule has 1 aliphatic heterocycles. The first-order valence-electron chi connectivity index (χ1n) is 14.0. The number of nitrogens with two attached hydrogens (primary N) is 2. The monoisotopic (exact) mass is 552 g/mol. The van der Waals surface area contributed by atoms with Crippen LogP contribution in [0.4, 0.5) is 17.1 Å². The van der Waals surface area contributed by atoms with Gasteiger partial charge in [0.2, 0.25) is 5.78 Å². The van der Waals surface area contributed by atoms with E-state index in [1.807, 2.05) is 0 Å². The summed E-state index contributed by atoms with van der Waals surface area (Å²) in [5, 5.41) is 11.8. The van der Waals surface area contributed by atoms with Crippen molar-refractivity contribution in [3.8, 4) is 28.7 Å². The summed E-state index contributed by atoms with van der Waals surface area (Å²) in [4.78, 5) is 21.6. The lowest BCUT2D eigenvalue weighted by atomic mass is 10.0. The van der Waals surface area contributed by atoms with Crippen LogP contribution in [0, 0.1) is 0 Å². The number of ether oxygens (including phenoxy) is 4. The topological polar surface area (TPSA) is 154 Å². The van der Waals surface area contributed by atoms with Crippen molar-refractivity contribution in [1.82, 2.24) is 4.98 Å². The molecule has 4 rings (SSSR count). The fourth-order valence-corrected chi connectivity index (χ4v) is 4.95. The predicted octanol–water partition coefficient (Wildman–Crippen LogP) is 6.29. The molecule has 6 N–H and O–H groups in total. The van der Waals surface area contributed by atoms with Crippen molar-refractivity contribution in [2.24, 2.45) is 4.99 Å². The molecule has 3 aromatic rings. The SMILES string of the molecule is CCCCCCOc1c(N)cc(OC)c2c1C(=O)C(c1[nH]c3c(OC)cc(N)c(OCCCCCC)c3c1O)=N2. The molecule has 0 saturated carbocycles. The van der Waals surface area contributed by atoms with Crippen molar-refractivity contribution >= 4 is 39.5 Å². The largest absolute Gasteiger partial charge is 0.505 e. The number of rotatable bonds is 15. The number of hydrogen-bond acceptors (Lipinski definition) is 9. The zero-order valence-corrected chi connectivity index (χ0v) is 23.8. The summed E-state index contributed by atoms with van der Waals surface area (Å²) >= 11 is 0. The van der Waals surface area contributed by atoms with Crippen molar-refractivity contribution in [1.29, 1.82) is 0 Å². The number of H-pyrrole nitrogens is 1. The third-order valence-electron chi connectivity index (χ3n) is 7.07. The summed E-state index contributed by atoms with van der Waals surface area (Å²) in [6, 6.07) is 3.23. The van der Waals surface area contributed by atoms with Gasteiger partial charge in [-0.15, -0.1) is 0 Å². The molecule has 2 heterocycles. The van der Waals surface area contributed by atoms with Gasteiger partial charge in [-0.1, -0.05) is 52.4 Å². The Morgan fingerprint density at radius 3 is 2.02 bits per heavy atom. The van der Waals surface area contributed by atoms with Crippen molar-refractivity contribution < 1.29 is 28.8 Å². The van der Waals surface area contributed by atoms with E-state index in [2.05, 4.69) is 23.8 Å². The molecule has 40 heavy (non-hydrogen) atoms. The number of anilines is 2. The minimum atomic E-state index is -0.444. The lowest BCUT2D eigenvalue weighted by Gasteiger charge is -2.14. The average molecular weight is 553 g/mol. The van der Waals surface area contributed by atoms with E-state index >= 15 is 0 Å². The standard InChI is InChI=1S/C30H40N4O6/c1-5-7-9-11-13-39-29-17(31)15-19(37-3)23-21(29)27(35)25(33-23)26-28(36)22-24(34-26)20(38-4)16-18(32)30(22)40-14-12-10-8-6-2/h15-16,33,35H,5-14,31-32H2,1-4H3. The molecule has 216 valence electrons. The molecule has 0 radical (unpaired) electrons. The molecule has 0 saturated heterocycles. The minimum absolute atomic E-state index is 0.00190. The second-order valence-corrected chi connectivity index (χ2v) is 9.92. The number of fused-ring (bicyclic) bond motifs is 2. The van der Waals surface area contributed by atoms with E-state index in [1.165, 1.54) is 14.2 Å². The maximum atomic E-state index is 13.8. The number of hydrogen-bond donors (Lipinski definition) is 4. The van der Waals surface area contributed by atoms with Gasteiger partial charge in [0.15, 0.2) is 17.2 Å². The van der Waals surface area contributed by atoms with Gasteiger partial charge < -0.3 is 40.5 Å². The molecule has 0 bridgehead atoms. The number of benzene rings is 2. The Hall–Kier alpha value is -4.08. The van der Waals surface area contributed by atoms with Crippen LogP contribution in [0.5, 0.6) is 28.7 Å². The minimum Gasteiger partial charge on any atom is -0.505 e. The first-order valence-corrected chi connectivity index (χ1v) is 14.0. The lowest BCUT2D eigenvalue weighted by molar-refractivity contribution is 0.106. The number of aromatic amines is 1. The normalized spacial score (nSPS) is 12.5. The van der Waals surface area contributed by atoms with Crippen LogP contribution >= 0.6 is 0 Å². The van der Waals surface area contributed by atoms with E-state index in [9.17, 15) is 9.90 Å². The van der Waals surface area contributed by atoms with Crippen molar-refractivity contribution in [3.63, 3.8) is 0 Å². The number of unbranched alkanes of at least 4 members (excludes halogenated alkanes) is 6. The smallest absolute Gasteiger partial charge is 0.219 e. The van der Waals surface area contributed by atoms with Crippen LogP contribution in [-0.2, 0) is 0 Å². The highest BCUT2D eigenvalue weighted by atomic mass is 16.5. The summed E-state index contributed by atoms with van der Waals surface area (Å²) < 4.78 is 23.1. The summed E-state index contributed by atoms with van der Waals surface area (Å²) in [5.74, 6) is 0.674. The van der Waals surface area contributed by atoms with E-state index < -0.39 is 5.78 Å². The van der Waals surface area contributed by atoms with Gasteiger partial charge in [-0.25, -0.2) is 4.99 Å². The Morgan fingerprint density at radius 1 is 0.850 bits per heavy atom. The molecular formula is C30H40N4O6. The highest BCUT2D eigenvalue weighted by Gasteiger charge is 2.37. The van der Waals surface area contributed by atoms with Gasteiger partial charge in [0.1, 0.15) is 28.6 Å². The summed E-state index contributed by atoms with van der Waals surface area (Å²) in [6.45, 7) is 5.13. The fourth-order valence-electron chi connectivity index (χ4n) is 4.95. The second kappa shape index (κ2) is 12.8. The lowest BCUT2D eigenvalue weighted by Crippen LogP contribution is -2.14. The number of aromatic hydroxyl groups is 1. The van der Waals surface area contributed by atoms with Crippen LogP contribution in [0.25, 0.3) is 10.9 Å². The zero-order chi connectivity index (χ0) is 28.8. The molecule has 10 heteroatoms. The summed E-state index contributed by atoms with van der Waals surface area (Å²) in [7, 11) is 2.99. The maximum absolute atomic E-state index is 13.8. The van der Waals surface area contributed by atoms with Gasteiger partial charge >= 0.3 is 0 Å². The third kappa shape index (κ3) is 5.48. The van der Waals surface area contributed by atoms with Gasteiger partial charge in [0.25, 0.3) is 0 Å². The van der Waals surface area contributed by atoms with Gasteiger partial charge in [-0.2, -0.15) is 0 Å². The Bertz CT molecular complexity index is 1410. The molecule has 0 amide bonds. The van der Waals surface area contributed by atoms with Crippen LogP contribution in [0.2, 0.25) is 0 Å². The molecule has 1 aliphatic rings. The quantitative estimate of drug-likeness (QED) is 0.127. The molecule has 0 fully saturated rings. The van der Waals surface area contributed by atoms with Crippen LogP contribution in [0.15, 0.2) is 17.1 Å². The Labute approximate surface area is 234 Å². The maximum Gasteiger partial charge on any atom is 0.219 e. The molecular weight excluding hydrogens is 512 g/mol. The number of Topliss-reactive ketones (excluding diaryl/α,β-unsaturated/α-hetero) is 1. The van der Waals surface area contributed by atoms with Gasteiger partial charge in [-0.3, -0.25) is 4.79 Å². The van der Waals surface area contributed by atoms with Gasteiger partial charge in [0.05, 0.1) is 55.3 Å². The van der Waals surface area contributed by atoms with Crippen molar-refractivity contribution in [2.75, 3.05) is 38.9 Å². The van der Waals surface area contributed by atoms with E-state index in [0.29, 0.717) is 52.7 Å². The molecule has 10 nitrogen and oxygen atoms in total. The number of ketones is 1. The average Bonchev–Trinajstić information content (AvgIpc) is 3.46. The van der Waals surface area contributed by atoms with Crippen molar-refractivity contribution in [3.05, 3.63) is 23.4 Å². The van der Waals surface area contributed by atoms with E-state index in [0.717, 1.165) is 51.4 Å². The van der Waals surface area contributed by atoms with E-state index in [4.69, 9.17) is 30.4 Å². The first-order chi connectivity index (χ1) is 19.4. The molecule has 0 atom stereocenters. The number of carbonyl (C=O) groups excluding carboxylic acids is 1. The van der Waals surface area contributed by atoms with Crippen LogP contribution < -0.4 is 30.4 Å². The summed E-state index contributed by atoms with van der Waals surface area (Å²) in [5.41, 5.74) is 14.3. The van der Waals surface area contributed by atoms with Gasteiger partial charge in [0, 0.05) is 12.1 Å². The Balaban J connectivity index is 1.74. The predicted molar refractivity (Wildman–Crippen MR) is 158 cm³/mol. The molecule has 1 aromatic heterocycles. The molecule has 0 spiro atoms. The highest BCUT2D eigenvalue weighted by molar-refractivity contribution is 6.56. The fraction of sp³-hybridized carbons (Fsp3) is 0.467. The second-order valence-electron chi connectivity index (χ2n) is 9.92. The number of methoxy groups -OCH3 is 2. The van der Waals surface area contributed by atoms with E-state index in [1.54, 1.807) is 12.1 Å². The van der Waals surface area contributed by atoms with Crippen molar-refractivity contribution in [2.45, 2.75) is 65.2 Å². The highest BCUT2D eigenvalue weighted by Crippen LogP contribution is 2.49. The Morgan fingerprint density at radius 2 is 1.43 bits per heavy atom. The number of nitrogen functional groups attached to an aromatic ring is 2. The molecule has 0 aliphatic carbocycles. The number of aliphatic imine (C=N–C) groups is 1. The zero-order valence-electron chi connectivity index (χ0n) is 23.8. The number of nitrogens with zero attached hydrogens (tertiary/aromatic N) is 1. The first kappa shape index (κ1) is 28.9. The number of nitrogens with one attached hydrogen (secondary N) is 1. The number of aromatic nitrogens is 1. The molecule has 0 unspecified atom stereocenters. The van der Waals surface area contributed by atoms with Crippen LogP contribution in [0.3, 0.4) is 0 Å². The Kier molecular flexibility index (Phi) is 9.29. The summed E-state index contributed by atoms with van der Waals surface area (Å²) in [6.07, 6.45) is 8.15. The van der Waals surface area contributed by atoms with Gasteiger partial charge in [-0.05, 0) is 12.8 Å². The van der Waals surface area contributed by atoms with Crippen LogP contribution in [0.1, 0.15) is 81.3 Å². The third-order valence-corrected chi connectivity index (χ3v) is 7.07. The number of carbonyl (C=O) groups is 1. The van der Waals surface area contributed by atoms with E-state index in [-0.39, 0.29) is 34.2 Å². The van der Waals surface area contributed by atoms with Crippen LogP contribution in [-0.4, -0.2) is 49.0 Å². The molecule has 2 aromatic carbocycles.